The van der Waals surface area contributed by atoms with Gasteiger partial charge >= 0.3 is 11.8 Å². The lowest BCUT2D eigenvalue weighted by Gasteiger charge is -2.38. The van der Waals surface area contributed by atoms with Crippen molar-refractivity contribution in [3.63, 3.8) is 0 Å². The summed E-state index contributed by atoms with van der Waals surface area (Å²) in [6, 6.07) is 14.2. The van der Waals surface area contributed by atoms with Gasteiger partial charge in [0, 0.05) is 32.7 Å². The van der Waals surface area contributed by atoms with Gasteiger partial charge in [-0.2, -0.15) is 5.26 Å². The lowest BCUT2D eigenvalue weighted by Crippen LogP contribution is -2.49. The van der Waals surface area contributed by atoms with Crippen molar-refractivity contribution in [2.75, 3.05) is 51.9 Å². The Kier molecular flexibility index (Phi) is 6.54. The van der Waals surface area contributed by atoms with Crippen LogP contribution in [0.2, 0.25) is 0 Å². The molecule has 9 heteroatoms. The molecule has 1 fully saturated rings. The molecule has 0 saturated carbocycles. The first-order valence-electron chi connectivity index (χ1n) is 10.5. The number of carbonyl (C=O) groups excluding carboxylic acids is 2. The molecular weight excluding hydrogens is 410 g/mol. The van der Waals surface area contributed by atoms with Crippen molar-refractivity contribution in [1.82, 2.24) is 15.1 Å². The molecule has 0 spiro atoms. The number of nitrogens with zero attached hydrogens (tertiary/aromatic N) is 3. The predicted octanol–water partition coefficient (Wildman–Crippen LogP) is 1.33. The molecule has 2 N–H and O–H groups in total. The summed E-state index contributed by atoms with van der Waals surface area (Å²) in [6.45, 7) is 3.97. The van der Waals surface area contributed by atoms with Gasteiger partial charge in [0.15, 0.2) is 11.5 Å². The molecule has 0 radical (unpaired) electrons. The molecule has 166 valence electrons. The quantitative estimate of drug-likeness (QED) is 0.683. The highest BCUT2D eigenvalue weighted by Gasteiger charge is 2.27. The van der Waals surface area contributed by atoms with Gasteiger partial charge < -0.3 is 25.0 Å². The minimum absolute atomic E-state index is 0.124. The molecule has 0 aromatic heterocycles. The molecule has 0 bridgehead atoms. The number of para-hydroxylation sites is 1. The van der Waals surface area contributed by atoms with E-state index in [-0.39, 0.29) is 19.4 Å². The molecule has 2 aliphatic rings. The SMILES string of the molecule is CN1CCN([C@@H](CNC(=O)C(=O)Nc2ccccc2C#N)c2ccc3c(c2)OCO3)CC1. The minimum atomic E-state index is -0.810. The number of amides is 2. The first-order valence-corrected chi connectivity index (χ1v) is 10.5. The number of nitriles is 1. The van der Waals surface area contributed by atoms with Gasteiger partial charge in [0.1, 0.15) is 6.07 Å². The van der Waals surface area contributed by atoms with E-state index in [4.69, 9.17) is 9.47 Å². The molecule has 2 heterocycles. The number of piperazine rings is 1. The second-order valence-corrected chi connectivity index (χ2v) is 7.79. The number of ether oxygens (including phenoxy) is 2. The molecule has 0 unspecified atom stereocenters. The number of hydrogen-bond donors (Lipinski definition) is 2. The maximum Gasteiger partial charge on any atom is 0.313 e. The Morgan fingerprint density at radius 2 is 1.81 bits per heavy atom. The van der Waals surface area contributed by atoms with Crippen LogP contribution in [0.3, 0.4) is 0 Å². The summed E-state index contributed by atoms with van der Waals surface area (Å²) in [6.07, 6.45) is 0. The summed E-state index contributed by atoms with van der Waals surface area (Å²) in [5.41, 5.74) is 1.58. The number of fused-ring (bicyclic) bond motifs is 1. The van der Waals surface area contributed by atoms with Gasteiger partial charge in [0.05, 0.1) is 17.3 Å². The number of hydrogen-bond acceptors (Lipinski definition) is 7. The van der Waals surface area contributed by atoms with Crippen molar-refractivity contribution in [2.45, 2.75) is 6.04 Å². The lowest BCUT2D eigenvalue weighted by atomic mass is 10.0. The van der Waals surface area contributed by atoms with Gasteiger partial charge in [-0.1, -0.05) is 18.2 Å². The highest BCUT2D eigenvalue weighted by atomic mass is 16.7. The maximum absolute atomic E-state index is 12.5. The number of benzene rings is 2. The largest absolute Gasteiger partial charge is 0.454 e. The van der Waals surface area contributed by atoms with E-state index in [1.54, 1.807) is 24.3 Å². The standard InChI is InChI=1S/C23H25N5O4/c1-27-8-10-28(11-9-27)19(16-6-7-20-21(12-16)32-15-31-20)14-25-22(29)23(30)26-18-5-3-2-4-17(18)13-24/h2-7,12,19H,8-11,14-15H2,1H3,(H,25,29)(H,26,30)/t19-/m0/s1. The van der Waals surface area contributed by atoms with Crippen molar-refractivity contribution in [3.8, 4) is 17.6 Å². The van der Waals surface area contributed by atoms with E-state index in [9.17, 15) is 14.9 Å². The van der Waals surface area contributed by atoms with Gasteiger partial charge in [-0.15, -0.1) is 0 Å². The molecular formula is C23H25N5O4. The monoisotopic (exact) mass is 435 g/mol. The molecule has 2 amide bonds. The summed E-state index contributed by atoms with van der Waals surface area (Å²) in [7, 11) is 2.08. The van der Waals surface area contributed by atoms with Crippen molar-refractivity contribution < 1.29 is 19.1 Å². The summed E-state index contributed by atoms with van der Waals surface area (Å²) >= 11 is 0. The third-order valence-electron chi connectivity index (χ3n) is 5.72. The van der Waals surface area contributed by atoms with Gasteiger partial charge in [0.2, 0.25) is 6.79 Å². The van der Waals surface area contributed by atoms with Gasteiger partial charge in [-0.3, -0.25) is 14.5 Å². The fraction of sp³-hybridized carbons (Fsp3) is 0.348. The smallest absolute Gasteiger partial charge is 0.313 e. The van der Waals surface area contributed by atoms with Crippen LogP contribution in [-0.4, -0.2) is 68.2 Å². The van der Waals surface area contributed by atoms with E-state index >= 15 is 0 Å². The average Bonchev–Trinajstić information content (AvgIpc) is 3.28. The van der Waals surface area contributed by atoms with Crippen LogP contribution in [-0.2, 0) is 9.59 Å². The number of anilines is 1. The zero-order chi connectivity index (χ0) is 22.5. The molecule has 9 nitrogen and oxygen atoms in total. The first-order chi connectivity index (χ1) is 15.5. The van der Waals surface area contributed by atoms with E-state index in [0.29, 0.717) is 22.7 Å². The van der Waals surface area contributed by atoms with Crippen LogP contribution in [0.1, 0.15) is 17.2 Å². The van der Waals surface area contributed by atoms with Crippen LogP contribution >= 0.6 is 0 Å². The van der Waals surface area contributed by atoms with Crippen LogP contribution in [0.15, 0.2) is 42.5 Å². The number of nitrogens with one attached hydrogen (secondary N) is 2. The second-order valence-electron chi connectivity index (χ2n) is 7.79. The van der Waals surface area contributed by atoms with E-state index in [0.717, 1.165) is 31.7 Å². The Balaban J connectivity index is 1.45. The van der Waals surface area contributed by atoms with Gasteiger partial charge in [0.25, 0.3) is 0 Å². The highest BCUT2D eigenvalue weighted by Crippen LogP contribution is 2.35. The molecule has 2 aliphatic heterocycles. The number of rotatable bonds is 5. The Morgan fingerprint density at radius 1 is 1.06 bits per heavy atom. The average molecular weight is 435 g/mol. The molecule has 32 heavy (non-hydrogen) atoms. The zero-order valence-electron chi connectivity index (χ0n) is 17.8. The molecule has 1 saturated heterocycles. The number of likely N-dealkylation sites (N-methyl/N-ethyl adjacent to an activating group) is 1. The molecule has 1 atom stereocenters. The van der Waals surface area contributed by atoms with Gasteiger partial charge in [-0.25, -0.2) is 0 Å². The number of carbonyl (C=O) groups is 2. The Labute approximate surface area is 186 Å². The van der Waals surface area contributed by atoms with Crippen molar-refractivity contribution in [3.05, 3.63) is 53.6 Å². The van der Waals surface area contributed by atoms with Crippen molar-refractivity contribution >= 4 is 17.5 Å². The Hall–Kier alpha value is -3.61. The maximum atomic E-state index is 12.5. The lowest BCUT2D eigenvalue weighted by molar-refractivity contribution is -0.136. The van der Waals surface area contributed by atoms with Crippen LogP contribution < -0.4 is 20.1 Å². The van der Waals surface area contributed by atoms with Crippen LogP contribution in [0, 0.1) is 11.3 Å². The normalized spacial score (nSPS) is 16.8. The Morgan fingerprint density at radius 3 is 2.59 bits per heavy atom. The summed E-state index contributed by atoms with van der Waals surface area (Å²) in [4.78, 5) is 29.5. The molecule has 2 aromatic rings. The van der Waals surface area contributed by atoms with E-state index in [2.05, 4.69) is 27.5 Å². The topological polar surface area (TPSA) is 107 Å². The predicted molar refractivity (Wildman–Crippen MR) is 117 cm³/mol. The molecule has 2 aromatic carbocycles. The van der Waals surface area contributed by atoms with Crippen molar-refractivity contribution in [1.29, 1.82) is 5.26 Å². The van der Waals surface area contributed by atoms with Gasteiger partial charge in [-0.05, 0) is 36.9 Å². The van der Waals surface area contributed by atoms with E-state index < -0.39 is 11.8 Å². The van der Waals surface area contributed by atoms with E-state index in [1.165, 1.54) is 0 Å². The molecule has 0 aliphatic carbocycles. The summed E-state index contributed by atoms with van der Waals surface area (Å²) < 4.78 is 10.9. The minimum Gasteiger partial charge on any atom is -0.454 e. The van der Waals surface area contributed by atoms with Crippen LogP contribution in [0.4, 0.5) is 5.69 Å². The summed E-state index contributed by atoms with van der Waals surface area (Å²) in [5, 5.41) is 14.4. The molecule has 4 rings (SSSR count). The van der Waals surface area contributed by atoms with E-state index in [1.807, 2.05) is 24.3 Å². The fourth-order valence-corrected chi connectivity index (χ4v) is 3.85. The third-order valence-corrected chi connectivity index (χ3v) is 5.72. The first kappa shape index (κ1) is 21.6. The zero-order valence-corrected chi connectivity index (χ0v) is 17.8. The van der Waals surface area contributed by atoms with Crippen LogP contribution in [0.25, 0.3) is 0 Å². The third kappa shape index (κ3) is 4.82. The highest BCUT2D eigenvalue weighted by molar-refractivity contribution is 6.39. The van der Waals surface area contributed by atoms with Crippen LogP contribution in [0.5, 0.6) is 11.5 Å². The van der Waals surface area contributed by atoms with Crippen molar-refractivity contribution in [2.24, 2.45) is 0 Å². The second kappa shape index (κ2) is 9.68. The fourth-order valence-electron chi connectivity index (χ4n) is 3.85. The summed E-state index contributed by atoms with van der Waals surface area (Å²) in [5.74, 6) is -0.183. The Bertz CT molecular complexity index is 1040.